The molecule has 2 rings (SSSR count). The average Bonchev–Trinajstić information content (AvgIpc) is 2.91. The number of unbranched alkanes of at least 4 members (excludes halogenated alkanes) is 1. The fraction of sp³-hybridized carbons (Fsp3) is 0.200. The van der Waals surface area contributed by atoms with Crippen LogP contribution in [0.5, 0.6) is 5.75 Å². The van der Waals surface area contributed by atoms with Crippen molar-refractivity contribution in [3.63, 3.8) is 0 Å². The Morgan fingerprint density at radius 2 is 2.24 bits per heavy atom. The molecule has 0 aliphatic heterocycles. The number of nitrogens with zero attached hydrogens (tertiary/aromatic N) is 1. The lowest BCUT2D eigenvalue weighted by molar-refractivity contribution is 0.0995. The van der Waals surface area contributed by atoms with Gasteiger partial charge >= 0.3 is 0 Å². The normalized spacial score (nSPS) is 9.90. The van der Waals surface area contributed by atoms with E-state index in [-0.39, 0.29) is 11.7 Å². The molecule has 1 aromatic heterocycles. The van der Waals surface area contributed by atoms with E-state index in [1.54, 1.807) is 36.4 Å². The van der Waals surface area contributed by atoms with E-state index in [4.69, 9.17) is 14.4 Å². The number of carbonyl (C=O) groups is 1. The summed E-state index contributed by atoms with van der Waals surface area (Å²) in [7, 11) is 0. The molecule has 0 saturated heterocycles. The fourth-order valence-corrected chi connectivity index (χ4v) is 1.94. The summed E-state index contributed by atoms with van der Waals surface area (Å²) in [5, 5.41) is 11.2. The molecule has 2 aromatic rings. The van der Waals surface area contributed by atoms with Gasteiger partial charge in [0.05, 0.1) is 12.7 Å². The van der Waals surface area contributed by atoms with E-state index in [2.05, 4.69) is 27.3 Å². The van der Waals surface area contributed by atoms with E-state index >= 15 is 0 Å². The van der Waals surface area contributed by atoms with Crippen LogP contribution in [0.15, 0.2) is 45.5 Å². The van der Waals surface area contributed by atoms with E-state index in [1.165, 1.54) is 0 Å². The number of benzene rings is 1. The first kappa shape index (κ1) is 15.1. The number of anilines is 1. The first-order valence-electron chi connectivity index (χ1n) is 6.35. The zero-order valence-corrected chi connectivity index (χ0v) is 12.7. The number of furan rings is 1. The van der Waals surface area contributed by atoms with Crippen LogP contribution in [0.25, 0.3) is 0 Å². The van der Waals surface area contributed by atoms with Crippen molar-refractivity contribution in [2.24, 2.45) is 0 Å². The number of hydrogen-bond donors (Lipinski definition) is 1. The largest absolute Gasteiger partial charge is 0.493 e. The highest BCUT2D eigenvalue weighted by atomic mass is 79.9. The fourth-order valence-electron chi connectivity index (χ4n) is 1.63. The molecule has 6 heteroatoms. The van der Waals surface area contributed by atoms with E-state index in [1.807, 2.05) is 0 Å². The van der Waals surface area contributed by atoms with Crippen molar-refractivity contribution in [3.8, 4) is 11.8 Å². The average molecular weight is 349 g/mol. The lowest BCUT2D eigenvalue weighted by Crippen LogP contribution is -2.10. The number of hydrogen-bond acceptors (Lipinski definition) is 4. The Bertz CT molecular complexity index is 661. The van der Waals surface area contributed by atoms with E-state index in [0.717, 1.165) is 0 Å². The molecule has 21 heavy (non-hydrogen) atoms. The first-order valence-corrected chi connectivity index (χ1v) is 7.15. The van der Waals surface area contributed by atoms with Crippen LogP contribution < -0.4 is 10.1 Å². The summed E-state index contributed by atoms with van der Waals surface area (Å²) in [5.41, 5.74) is 0.616. The molecular formula is C15H13BrN2O3. The summed E-state index contributed by atoms with van der Waals surface area (Å²) in [6.07, 6.45) is 1.14. The van der Waals surface area contributed by atoms with Gasteiger partial charge in [0.2, 0.25) is 0 Å². The van der Waals surface area contributed by atoms with Crippen LogP contribution in [0.1, 0.15) is 23.4 Å². The van der Waals surface area contributed by atoms with Gasteiger partial charge in [-0.2, -0.15) is 5.26 Å². The van der Waals surface area contributed by atoms with Gasteiger partial charge in [-0.25, -0.2) is 0 Å². The van der Waals surface area contributed by atoms with Crippen LogP contribution in [-0.2, 0) is 0 Å². The smallest absolute Gasteiger partial charge is 0.291 e. The highest BCUT2D eigenvalue weighted by Gasteiger charge is 2.10. The minimum absolute atomic E-state index is 0.224. The number of halogens is 1. The van der Waals surface area contributed by atoms with Gasteiger partial charge in [0.25, 0.3) is 5.91 Å². The van der Waals surface area contributed by atoms with Crippen LogP contribution in [-0.4, -0.2) is 12.5 Å². The molecule has 1 heterocycles. The third-order valence-corrected chi connectivity index (χ3v) is 3.02. The first-order chi connectivity index (χ1) is 10.2. The summed E-state index contributed by atoms with van der Waals surface area (Å²) < 4.78 is 11.2. The van der Waals surface area contributed by atoms with Crippen LogP contribution in [0, 0.1) is 11.3 Å². The zero-order chi connectivity index (χ0) is 15.1. The van der Waals surface area contributed by atoms with E-state index in [9.17, 15) is 4.79 Å². The molecule has 1 N–H and O–H groups in total. The predicted molar refractivity (Wildman–Crippen MR) is 81.1 cm³/mol. The second-order valence-electron chi connectivity index (χ2n) is 4.20. The van der Waals surface area contributed by atoms with Crippen molar-refractivity contribution < 1.29 is 13.9 Å². The third kappa shape index (κ3) is 4.65. The number of nitriles is 1. The minimum atomic E-state index is -0.331. The molecule has 0 aliphatic rings. The van der Waals surface area contributed by atoms with E-state index < -0.39 is 0 Å². The number of ether oxygens (including phenoxy) is 1. The molecule has 108 valence electrons. The number of carbonyl (C=O) groups excluding carboxylic acids is 1. The van der Waals surface area contributed by atoms with Crippen molar-refractivity contribution in [2.45, 2.75) is 12.8 Å². The maximum Gasteiger partial charge on any atom is 0.291 e. The SMILES string of the molecule is N#CCCCOc1cccc(NC(=O)c2ccc(Br)o2)c1. The zero-order valence-electron chi connectivity index (χ0n) is 11.1. The second kappa shape index (κ2) is 7.50. The van der Waals surface area contributed by atoms with Gasteiger partial charge < -0.3 is 14.5 Å². The molecule has 0 atom stereocenters. The summed E-state index contributed by atoms with van der Waals surface area (Å²) in [4.78, 5) is 11.9. The Balaban J connectivity index is 1.94. The van der Waals surface area contributed by atoms with Crippen molar-refractivity contribution in [3.05, 3.63) is 46.8 Å². The molecule has 0 fully saturated rings. The Morgan fingerprint density at radius 1 is 1.38 bits per heavy atom. The van der Waals surface area contributed by atoms with E-state index in [0.29, 0.717) is 35.6 Å². The summed E-state index contributed by atoms with van der Waals surface area (Å²) >= 11 is 3.15. The lowest BCUT2D eigenvalue weighted by Gasteiger charge is -2.08. The molecule has 1 aromatic carbocycles. The molecule has 0 radical (unpaired) electrons. The van der Waals surface area contributed by atoms with Crippen molar-refractivity contribution >= 4 is 27.5 Å². The maximum atomic E-state index is 11.9. The number of nitrogens with one attached hydrogen (secondary N) is 1. The third-order valence-electron chi connectivity index (χ3n) is 2.59. The second-order valence-corrected chi connectivity index (χ2v) is 4.98. The van der Waals surface area contributed by atoms with Gasteiger partial charge in [-0.1, -0.05) is 6.07 Å². The summed E-state index contributed by atoms with van der Waals surface area (Å²) in [6.45, 7) is 0.468. The standard InChI is InChI=1S/C15H13BrN2O3/c16-14-7-6-13(21-14)15(19)18-11-4-3-5-12(10-11)20-9-2-1-8-17/h3-7,10H,1-2,9H2,(H,18,19). The monoisotopic (exact) mass is 348 g/mol. The molecule has 0 aliphatic carbocycles. The van der Waals surface area contributed by atoms with Gasteiger partial charge in [0, 0.05) is 18.2 Å². The summed E-state index contributed by atoms with van der Waals surface area (Å²) in [5.74, 6) is 0.538. The molecule has 1 amide bonds. The van der Waals surface area contributed by atoms with Crippen molar-refractivity contribution in [1.29, 1.82) is 5.26 Å². The molecule has 0 spiro atoms. The Morgan fingerprint density at radius 3 is 2.95 bits per heavy atom. The van der Waals surface area contributed by atoms with Gasteiger partial charge in [-0.3, -0.25) is 4.79 Å². The van der Waals surface area contributed by atoms with Gasteiger partial charge in [-0.05, 0) is 46.6 Å². The highest BCUT2D eigenvalue weighted by Crippen LogP contribution is 2.20. The number of rotatable bonds is 6. The van der Waals surface area contributed by atoms with Crippen molar-refractivity contribution in [1.82, 2.24) is 0 Å². The highest BCUT2D eigenvalue weighted by molar-refractivity contribution is 9.10. The Hall–Kier alpha value is -2.26. The van der Waals surface area contributed by atoms with Gasteiger partial charge in [0.15, 0.2) is 10.4 Å². The van der Waals surface area contributed by atoms with Gasteiger partial charge in [-0.15, -0.1) is 0 Å². The summed E-state index contributed by atoms with van der Waals surface area (Å²) in [6, 6.07) is 12.4. The van der Waals surface area contributed by atoms with Crippen LogP contribution in [0.2, 0.25) is 0 Å². The topological polar surface area (TPSA) is 75.3 Å². The van der Waals surface area contributed by atoms with Crippen LogP contribution in [0.3, 0.4) is 0 Å². The quantitative estimate of drug-likeness (QED) is 0.801. The number of amides is 1. The molecule has 0 bridgehead atoms. The molecule has 5 nitrogen and oxygen atoms in total. The van der Waals surface area contributed by atoms with Crippen LogP contribution >= 0.6 is 15.9 Å². The Kier molecular flexibility index (Phi) is 5.41. The van der Waals surface area contributed by atoms with Crippen molar-refractivity contribution in [2.75, 3.05) is 11.9 Å². The molecule has 0 saturated carbocycles. The molecular weight excluding hydrogens is 336 g/mol. The minimum Gasteiger partial charge on any atom is -0.493 e. The lowest BCUT2D eigenvalue weighted by atomic mass is 10.3. The maximum absolute atomic E-state index is 11.9. The van der Waals surface area contributed by atoms with Crippen LogP contribution in [0.4, 0.5) is 5.69 Å². The predicted octanol–water partition coefficient (Wildman–Crippen LogP) is 3.98. The molecule has 0 unspecified atom stereocenters. The van der Waals surface area contributed by atoms with Gasteiger partial charge in [0.1, 0.15) is 5.75 Å². The Labute approximate surface area is 130 Å².